The van der Waals surface area contributed by atoms with E-state index < -0.39 is 0 Å². The fraction of sp³-hybridized carbons (Fsp3) is 0.455. The predicted octanol–water partition coefficient (Wildman–Crippen LogP) is 3.57. The summed E-state index contributed by atoms with van der Waals surface area (Å²) in [6.45, 7) is 2.10. The van der Waals surface area contributed by atoms with E-state index in [4.69, 9.17) is 4.18 Å². The van der Waals surface area contributed by atoms with Gasteiger partial charge in [-0.3, -0.25) is 0 Å². The van der Waals surface area contributed by atoms with Crippen LogP contribution in [0.15, 0.2) is 29.2 Å². The minimum absolute atomic E-state index is 0.506. The molecule has 0 amide bonds. The van der Waals surface area contributed by atoms with Crippen LogP contribution in [-0.2, 0) is 4.18 Å². The SMILES string of the molecule is Cc1ccc(SOC2CCC2)cc1. The molecule has 0 bridgehead atoms. The number of hydrogen-bond acceptors (Lipinski definition) is 2. The molecule has 2 rings (SSSR count). The van der Waals surface area contributed by atoms with Crippen LogP contribution in [0.2, 0.25) is 0 Å². The molecule has 1 aromatic rings. The molecule has 1 fully saturated rings. The summed E-state index contributed by atoms with van der Waals surface area (Å²) < 4.78 is 5.62. The number of benzene rings is 1. The first kappa shape index (κ1) is 9.10. The lowest BCUT2D eigenvalue weighted by Gasteiger charge is -2.24. The summed E-state index contributed by atoms with van der Waals surface area (Å²) >= 11 is 1.51. The van der Waals surface area contributed by atoms with E-state index >= 15 is 0 Å². The van der Waals surface area contributed by atoms with E-state index in [1.165, 1.54) is 41.8 Å². The van der Waals surface area contributed by atoms with Crippen LogP contribution in [0.4, 0.5) is 0 Å². The van der Waals surface area contributed by atoms with Crippen molar-refractivity contribution in [1.82, 2.24) is 0 Å². The third-order valence-electron chi connectivity index (χ3n) is 2.35. The topological polar surface area (TPSA) is 9.23 Å². The Balaban J connectivity index is 1.83. The molecular formula is C11H14OS. The van der Waals surface area contributed by atoms with Crippen LogP contribution in [0.1, 0.15) is 24.8 Å². The molecule has 1 saturated carbocycles. The maximum absolute atomic E-state index is 5.62. The van der Waals surface area contributed by atoms with Crippen LogP contribution in [0.25, 0.3) is 0 Å². The number of rotatable bonds is 3. The third kappa shape index (κ3) is 2.48. The first-order valence-corrected chi connectivity index (χ1v) is 5.49. The molecule has 0 N–H and O–H groups in total. The van der Waals surface area contributed by atoms with Crippen LogP contribution < -0.4 is 0 Å². The normalized spacial score (nSPS) is 17.0. The lowest BCUT2D eigenvalue weighted by Crippen LogP contribution is -2.18. The molecular weight excluding hydrogens is 180 g/mol. The minimum atomic E-state index is 0.506. The molecule has 0 aliphatic heterocycles. The summed E-state index contributed by atoms with van der Waals surface area (Å²) in [5.74, 6) is 0. The third-order valence-corrected chi connectivity index (χ3v) is 3.19. The zero-order valence-corrected chi connectivity index (χ0v) is 8.64. The van der Waals surface area contributed by atoms with Crippen LogP contribution in [0.3, 0.4) is 0 Å². The summed E-state index contributed by atoms with van der Waals surface area (Å²) in [4.78, 5) is 1.21. The minimum Gasteiger partial charge on any atom is -0.307 e. The van der Waals surface area contributed by atoms with Gasteiger partial charge >= 0.3 is 0 Å². The summed E-state index contributed by atoms with van der Waals surface area (Å²) in [6.07, 6.45) is 4.31. The van der Waals surface area contributed by atoms with Crippen molar-refractivity contribution in [2.75, 3.05) is 0 Å². The van der Waals surface area contributed by atoms with E-state index in [-0.39, 0.29) is 0 Å². The Morgan fingerprint density at radius 2 is 1.92 bits per heavy atom. The van der Waals surface area contributed by atoms with E-state index in [1.807, 2.05) is 0 Å². The second-order valence-corrected chi connectivity index (χ2v) is 4.38. The quantitative estimate of drug-likeness (QED) is 0.680. The van der Waals surface area contributed by atoms with Crippen molar-refractivity contribution in [3.05, 3.63) is 29.8 Å². The van der Waals surface area contributed by atoms with E-state index in [2.05, 4.69) is 31.2 Å². The Bertz CT molecular complexity index is 264. The summed E-state index contributed by atoms with van der Waals surface area (Å²) in [5, 5.41) is 0. The molecule has 1 aliphatic carbocycles. The van der Waals surface area contributed by atoms with Gasteiger partial charge in [0.2, 0.25) is 0 Å². The Hall–Kier alpha value is -0.470. The molecule has 0 atom stereocenters. The smallest absolute Gasteiger partial charge is 0.0727 e. The van der Waals surface area contributed by atoms with Crippen molar-refractivity contribution < 1.29 is 4.18 Å². The maximum Gasteiger partial charge on any atom is 0.0727 e. The van der Waals surface area contributed by atoms with Crippen LogP contribution in [0, 0.1) is 6.92 Å². The van der Waals surface area contributed by atoms with Crippen LogP contribution in [-0.4, -0.2) is 6.10 Å². The van der Waals surface area contributed by atoms with Gasteiger partial charge in [0.05, 0.1) is 6.10 Å². The molecule has 1 aromatic carbocycles. The number of aryl methyl sites for hydroxylation is 1. The highest BCUT2D eigenvalue weighted by molar-refractivity contribution is 7.94. The molecule has 0 unspecified atom stereocenters. The van der Waals surface area contributed by atoms with Crippen molar-refractivity contribution in [2.45, 2.75) is 37.2 Å². The first-order valence-electron chi connectivity index (χ1n) is 4.74. The molecule has 0 radical (unpaired) electrons. The van der Waals surface area contributed by atoms with E-state index in [1.54, 1.807) is 0 Å². The van der Waals surface area contributed by atoms with E-state index in [0.717, 1.165) is 0 Å². The van der Waals surface area contributed by atoms with E-state index in [0.29, 0.717) is 6.10 Å². The summed E-state index contributed by atoms with van der Waals surface area (Å²) in [7, 11) is 0. The lowest BCUT2D eigenvalue weighted by atomic mass is 9.97. The highest BCUT2D eigenvalue weighted by Gasteiger charge is 2.18. The molecule has 13 heavy (non-hydrogen) atoms. The van der Waals surface area contributed by atoms with E-state index in [9.17, 15) is 0 Å². The Morgan fingerprint density at radius 1 is 1.23 bits per heavy atom. The Labute approximate surface area is 83.7 Å². The first-order chi connectivity index (χ1) is 6.34. The predicted molar refractivity (Wildman–Crippen MR) is 55.8 cm³/mol. The van der Waals surface area contributed by atoms with Gasteiger partial charge in [-0.1, -0.05) is 17.7 Å². The highest BCUT2D eigenvalue weighted by Crippen LogP contribution is 2.29. The van der Waals surface area contributed by atoms with Gasteiger partial charge in [0.1, 0.15) is 0 Å². The average Bonchev–Trinajstić information content (AvgIpc) is 2.05. The molecule has 70 valence electrons. The van der Waals surface area contributed by atoms with Crippen LogP contribution >= 0.6 is 12.0 Å². The molecule has 0 heterocycles. The monoisotopic (exact) mass is 194 g/mol. The molecule has 0 aromatic heterocycles. The van der Waals surface area contributed by atoms with Gasteiger partial charge in [-0.05, 0) is 38.3 Å². The maximum atomic E-state index is 5.62. The van der Waals surface area contributed by atoms with Crippen LogP contribution in [0.5, 0.6) is 0 Å². The molecule has 2 heteroatoms. The zero-order chi connectivity index (χ0) is 9.10. The summed E-state index contributed by atoms with van der Waals surface area (Å²) in [6, 6.07) is 8.45. The fourth-order valence-corrected chi connectivity index (χ4v) is 1.87. The van der Waals surface area contributed by atoms with Gasteiger partial charge in [0.15, 0.2) is 0 Å². The van der Waals surface area contributed by atoms with Crippen molar-refractivity contribution in [1.29, 1.82) is 0 Å². The fourth-order valence-electron chi connectivity index (χ4n) is 1.18. The van der Waals surface area contributed by atoms with Gasteiger partial charge in [-0.25, -0.2) is 0 Å². The van der Waals surface area contributed by atoms with Crippen molar-refractivity contribution in [3.8, 4) is 0 Å². The Kier molecular flexibility index (Phi) is 2.91. The molecule has 0 spiro atoms. The molecule has 1 nitrogen and oxygen atoms in total. The van der Waals surface area contributed by atoms with Gasteiger partial charge in [-0.2, -0.15) is 0 Å². The second kappa shape index (κ2) is 4.16. The largest absolute Gasteiger partial charge is 0.307 e. The summed E-state index contributed by atoms with van der Waals surface area (Å²) in [5.41, 5.74) is 1.30. The average molecular weight is 194 g/mol. The van der Waals surface area contributed by atoms with Crippen molar-refractivity contribution in [2.24, 2.45) is 0 Å². The standard InChI is InChI=1S/C11H14OS/c1-9-5-7-11(8-6-9)13-12-10-3-2-4-10/h5-8,10H,2-4H2,1H3. The molecule has 1 aliphatic rings. The number of hydrogen-bond donors (Lipinski definition) is 0. The van der Waals surface area contributed by atoms with Gasteiger partial charge in [-0.15, -0.1) is 0 Å². The van der Waals surface area contributed by atoms with Gasteiger partial charge in [0.25, 0.3) is 0 Å². The molecule has 0 saturated heterocycles. The lowest BCUT2D eigenvalue weighted by molar-refractivity contribution is 0.148. The van der Waals surface area contributed by atoms with Gasteiger partial charge < -0.3 is 4.18 Å². The zero-order valence-electron chi connectivity index (χ0n) is 7.82. The van der Waals surface area contributed by atoms with Crippen molar-refractivity contribution >= 4 is 12.0 Å². The highest BCUT2D eigenvalue weighted by atomic mass is 32.2. The van der Waals surface area contributed by atoms with Crippen molar-refractivity contribution in [3.63, 3.8) is 0 Å². The Morgan fingerprint density at radius 3 is 2.46 bits per heavy atom. The second-order valence-electron chi connectivity index (χ2n) is 3.55. The van der Waals surface area contributed by atoms with Gasteiger partial charge in [0, 0.05) is 16.9 Å².